The van der Waals surface area contributed by atoms with Gasteiger partial charge in [0, 0.05) is 12.7 Å². The summed E-state index contributed by atoms with van der Waals surface area (Å²) in [7, 11) is 0. The average molecular weight is 312 g/mol. The number of pyridine rings is 1. The van der Waals surface area contributed by atoms with Crippen LogP contribution in [0.15, 0.2) is 48.7 Å². The van der Waals surface area contributed by atoms with E-state index in [1.165, 1.54) is 5.56 Å². The van der Waals surface area contributed by atoms with Crippen LogP contribution < -0.4 is 11.1 Å². The monoisotopic (exact) mass is 312 g/mol. The molecule has 1 radical (unpaired) electrons. The van der Waals surface area contributed by atoms with Crippen molar-refractivity contribution in [2.24, 2.45) is 5.73 Å². The Morgan fingerprint density at radius 2 is 2.04 bits per heavy atom. The molecule has 0 aliphatic carbocycles. The topological polar surface area (TPSA) is 88.2 Å². The molecule has 0 spiro atoms. The van der Waals surface area contributed by atoms with E-state index < -0.39 is 12.0 Å². The van der Waals surface area contributed by atoms with Crippen molar-refractivity contribution in [3.05, 3.63) is 71.9 Å². The standard InChI is InChI=1S/C18H22N3O2/c19-18(23)17-12-15(9-11-21-17)8-10-20-13-16(22)7-6-14-4-2-1-3-5-14/h1-5,7,9,11-12,16,20,22H,6,8,10,13H2,(H2,19,23)/t16-/m1/s1. The van der Waals surface area contributed by atoms with Gasteiger partial charge in [0.1, 0.15) is 5.69 Å². The number of nitrogens with zero attached hydrogens (tertiary/aromatic N) is 1. The first kappa shape index (κ1) is 17.1. The van der Waals surface area contributed by atoms with Crippen molar-refractivity contribution in [2.45, 2.75) is 18.9 Å². The molecule has 4 N–H and O–H groups in total. The van der Waals surface area contributed by atoms with Crippen molar-refractivity contribution in [3.63, 3.8) is 0 Å². The maximum Gasteiger partial charge on any atom is 0.267 e. The van der Waals surface area contributed by atoms with Crippen LogP contribution in [0.3, 0.4) is 0 Å². The van der Waals surface area contributed by atoms with Crippen molar-refractivity contribution in [2.75, 3.05) is 13.1 Å². The molecule has 2 aromatic rings. The van der Waals surface area contributed by atoms with Crippen LogP contribution in [-0.2, 0) is 12.8 Å². The van der Waals surface area contributed by atoms with Gasteiger partial charge in [0.25, 0.3) is 5.91 Å². The molecule has 0 saturated carbocycles. The zero-order valence-corrected chi connectivity index (χ0v) is 13.0. The van der Waals surface area contributed by atoms with E-state index in [2.05, 4.69) is 10.3 Å². The minimum Gasteiger partial charge on any atom is -0.391 e. The van der Waals surface area contributed by atoms with E-state index in [4.69, 9.17) is 5.73 Å². The van der Waals surface area contributed by atoms with Crippen molar-refractivity contribution in [1.29, 1.82) is 0 Å². The molecule has 0 fully saturated rings. The first-order valence-corrected chi connectivity index (χ1v) is 7.66. The third-order valence-corrected chi connectivity index (χ3v) is 3.49. The Bertz CT molecular complexity index is 617. The van der Waals surface area contributed by atoms with Gasteiger partial charge in [-0.1, -0.05) is 30.3 Å². The molecular weight excluding hydrogens is 290 g/mol. The summed E-state index contributed by atoms with van der Waals surface area (Å²) in [6.07, 6.45) is 4.47. The zero-order valence-electron chi connectivity index (χ0n) is 13.0. The molecule has 0 unspecified atom stereocenters. The van der Waals surface area contributed by atoms with Crippen LogP contribution in [0.2, 0.25) is 0 Å². The van der Waals surface area contributed by atoms with Crippen LogP contribution in [0.4, 0.5) is 0 Å². The highest BCUT2D eigenvalue weighted by atomic mass is 16.3. The van der Waals surface area contributed by atoms with Gasteiger partial charge in [-0.15, -0.1) is 0 Å². The van der Waals surface area contributed by atoms with Gasteiger partial charge in [-0.2, -0.15) is 0 Å². The fourth-order valence-electron chi connectivity index (χ4n) is 2.22. The molecule has 121 valence electrons. The molecule has 2 rings (SSSR count). The molecule has 1 aromatic heterocycles. The van der Waals surface area contributed by atoms with Crippen molar-refractivity contribution < 1.29 is 9.90 Å². The Kier molecular flexibility index (Phi) is 6.72. The summed E-state index contributed by atoms with van der Waals surface area (Å²) in [6, 6.07) is 13.6. The lowest BCUT2D eigenvalue weighted by Gasteiger charge is -2.11. The Balaban J connectivity index is 1.65. The van der Waals surface area contributed by atoms with Gasteiger partial charge in [0.15, 0.2) is 0 Å². The van der Waals surface area contributed by atoms with Gasteiger partial charge in [-0.3, -0.25) is 9.78 Å². The number of hydrogen-bond acceptors (Lipinski definition) is 4. The average Bonchev–Trinajstić information content (AvgIpc) is 2.58. The van der Waals surface area contributed by atoms with Crippen LogP contribution in [0.1, 0.15) is 21.6 Å². The third kappa shape index (κ3) is 6.18. The lowest BCUT2D eigenvalue weighted by Crippen LogP contribution is -2.29. The number of carbonyl (C=O) groups is 1. The number of aliphatic hydroxyl groups is 1. The molecule has 1 heterocycles. The van der Waals surface area contributed by atoms with E-state index in [1.807, 2.05) is 42.8 Å². The zero-order chi connectivity index (χ0) is 16.5. The molecule has 1 aromatic carbocycles. The number of aliphatic hydroxyl groups excluding tert-OH is 1. The van der Waals surface area contributed by atoms with E-state index in [0.29, 0.717) is 13.1 Å². The Labute approximate surface area is 136 Å². The molecule has 1 amide bonds. The van der Waals surface area contributed by atoms with Crippen molar-refractivity contribution in [3.8, 4) is 0 Å². The molecule has 0 aliphatic rings. The van der Waals surface area contributed by atoms with Gasteiger partial charge < -0.3 is 16.2 Å². The molecule has 0 saturated heterocycles. The van der Waals surface area contributed by atoms with E-state index in [-0.39, 0.29) is 5.69 Å². The minimum atomic E-state index is -0.522. The molecule has 0 aliphatic heterocycles. The van der Waals surface area contributed by atoms with Gasteiger partial charge >= 0.3 is 0 Å². The summed E-state index contributed by atoms with van der Waals surface area (Å²) in [6.45, 7) is 1.21. The minimum absolute atomic E-state index is 0.277. The Hall–Kier alpha value is -2.24. The number of amides is 1. The van der Waals surface area contributed by atoms with E-state index in [0.717, 1.165) is 18.4 Å². The SMILES string of the molecule is NC(=O)c1cc(CCNC[C@H](O)[CH]Cc2ccccc2)ccn1. The molecule has 5 heteroatoms. The van der Waals surface area contributed by atoms with E-state index in [1.54, 1.807) is 12.3 Å². The summed E-state index contributed by atoms with van der Waals surface area (Å²) in [5, 5.41) is 13.1. The number of nitrogens with one attached hydrogen (secondary N) is 1. The van der Waals surface area contributed by atoms with Gasteiger partial charge in [0.05, 0.1) is 6.10 Å². The summed E-state index contributed by atoms with van der Waals surface area (Å²) < 4.78 is 0. The Morgan fingerprint density at radius 1 is 1.26 bits per heavy atom. The first-order valence-electron chi connectivity index (χ1n) is 7.66. The summed E-state index contributed by atoms with van der Waals surface area (Å²) in [5.74, 6) is -0.522. The van der Waals surface area contributed by atoms with E-state index >= 15 is 0 Å². The van der Waals surface area contributed by atoms with Crippen LogP contribution in [0, 0.1) is 6.42 Å². The van der Waals surface area contributed by atoms with Crippen molar-refractivity contribution >= 4 is 5.91 Å². The normalized spacial score (nSPS) is 12.0. The maximum atomic E-state index is 11.1. The second kappa shape index (κ2) is 9.02. The molecule has 5 nitrogen and oxygen atoms in total. The largest absolute Gasteiger partial charge is 0.391 e. The van der Waals surface area contributed by atoms with Crippen LogP contribution in [-0.4, -0.2) is 35.2 Å². The quantitative estimate of drug-likeness (QED) is 0.605. The van der Waals surface area contributed by atoms with E-state index in [9.17, 15) is 9.90 Å². The summed E-state index contributed by atoms with van der Waals surface area (Å²) in [4.78, 5) is 15.0. The molecular formula is C18H22N3O2. The highest BCUT2D eigenvalue weighted by Gasteiger charge is 2.06. The molecule has 1 atom stereocenters. The first-order chi connectivity index (χ1) is 11.1. The maximum absolute atomic E-state index is 11.1. The molecule has 0 bridgehead atoms. The van der Waals surface area contributed by atoms with Crippen LogP contribution in [0.5, 0.6) is 0 Å². The fraction of sp³-hybridized carbons (Fsp3) is 0.278. The highest BCUT2D eigenvalue weighted by Crippen LogP contribution is 2.04. The second-order valence-corrected chi connectivity index (χ2v) is 5.36. The predicted octanol–water partition coefficient (Wildman–Crippen LogP) is 1.12. The molecule has 23 heavy (non-hydrogen) atoms. The lowest BCUT2D eigenvalue weighted by molar-refractivity contribution is 0.0995. The summed E-state index contributed by atoms with van der Waals surface area (Å²) >= 11 is 0. The number of benzene rings is 1. The van der Waals surface area contributed by atoms with Crippen LogP contribution in [0.25, 0.3) is 0 Å². The number of hydrogen-bond donors (Lipinski definition) is 3. The number of rotatable bonds is 9. The fourth-order valence-corrected chi connectivity index (χ4v) is 2.22. The van der Waals surface area contributed by atoms with Gasteiger partial charge in [0.2, 0.25) is 0 Å². The Morgan fingerprint density at radius 3 is 2.78 bits per heavy atom. The lowest BCUT2D eigenvalue weighted by atomic mass is 10.1. The van der Waals surface area contributed by atoms with Crippen molar-refractivity contribution in [1.82, 2.24) is 10.3 Å². The van der Waals surface area contributed by atoms with Crippen LogP contribution >= 0.6 is 0 Å². The second-order valence-electron chi connectivity index (χ2n) is 5.36. The number of carbonyl (C=O) groups excluding carboxylic acids is 1. The number of primary amides is 1. The van der Waals surface area contributed by atoms with Gasteiger partial charge in [-0.05, 0) is 49.1 Å². The summed E-state index contributed by atoms with van der Waals surface area (Å²) in [5.41, 5.74) is 7.65. The predicted molar refractivity (Wildman–Crippen MR) is 89.8 cm³/mol. The smallest absolute Gasteiger partial charge is 0.267 e. The number of aromatic nitrogens is 1. The number of nitrogens with two attached hydrogens (primary N) is 1. The van der Waals surface area contributed by atoms with Gasteiger partial charge in [-0.25, -0.2) is 0 Å². The highest BCUT2D eigenvalue weighted by molar-refractivity contribution is 5.90. The third-order valence-electron chi connectivity index (χ3n) is 3.49.